The number of H-pyrrole nitrogens is 1. The van der Waals surface area contributed by atoms with Crippen LogP contribution in [0, 0.1) is 6.57 Å². The highest BCUT2D eigenvalue weighted by Gasteiger charge is 2.24. The fraction of sp³-hybridized carbons (Fsp3) is 0.500. The SMILES string of the molecule is [C-]#[N+]c1[nH]n(-c2ccccc2)c(=O)c1N=Nc1ccc(S(=O)(=O)N(CCCCCCCC)CCCCCCCC)cc1. The molecule has 0 atom stereocenters. The van der Waals surface area contributed by atoms with Gasteiger partial charge >= 0.3 is 5.56 Å². The summed E-state index contributed by atoms with van der Waals surface area (Å²) in [6.07, 6.45) is 13.2. The lowest BCUT2D eigenvalue weighted by Gasteiger charge is -2.22. The molecule has 0 aliphatic carbocycles. The molecular weight excluding hydrogens is 548 g/mol. The molecule has 0 amide bonds. The number of nitrogens with zero attached hydrogens (tertiary/aromatic N) is 5. The molecule has 0 aliphatic heterocycles. The Bertz CT molecular complexity index is 1440. The van der Waals surface area contributed by atoms with Gasteiger partial charge < -0.3 is 4.85 Å². The van der Waals surface area contributed by atoms with Crippen LogP contribution in [0.2, 0.25) is 0 Å². The zero-order valence-electron chi connectivity index (χ0n) is 25.0. The number of azo groups is 1. The van der Waals surface area contributed by atoms with E-state index in [1.54, 1.807) is 40.7 Å². The molecule has 0 bridgehead atoms. The molecule has 42 heavy (non-hydrogen) atoms. The highest BCUT2D eigenvalue weighted by atomic mass is 32.2. The van der Waals surface area contributed by atoms with Gasteiger partial charge in [0.05, 0.1) is 16.3 Å². The van der Waals surface area contributed by atoms with Crippen molar-refractivity contribution in [2.45, 2.75) is 95.8 Å². The summed E-state index contributed by atoms with van der Waals surface area (Å²) in [6, 6.07) is 15.1. The number of benzene rings is 2. The van der Waals surface area contributed by atoms with Gasteiger partial charge in [-0.05, 0) is 49.2 Å². The lowest BCUT2D eigenvalue weighted by atomic mass is 10.1. The van der Waals surface area contributed by atoms with Crippen LogP contribution in [0.25, 0.3) is 10.5 Å². The monoisotopic (exact) mass is 592 g/mol. The Morgan fingerprint density at radius 3 is 1.88 bits per heavy atom. The van der Waals surface area contributed by atoms with Crippen LogP contribution >= 0.6 is 0 Å². The molecule has 1 N–H and O–H groups in total. The molecular formula is C32H44N6O3S. The van der Waals surface area contributed by atoms with Gasteiger partial charge in [0.2, 0.25) is 10.0 Å². The molecule has 2 aromatic carbocycles. The number of unbranched alkanes of at least 4 members (excludes halogenated alkanes) is 10. The first-order valence-corrected chi connectivity index (χ1v) is 16.7. The van der Waals surface area contributed by atoms with Crippen LogP contribution in [0.4, 0.5) is 17.2 Å². The number of rotatable bonds is 19. The highest BCUT2D eigenvalue weighted by Crippen LogP contribution is 2.27. The summed E-state index contributed by atoms with van der Waals surface area (Å²) >= 11 is 0. The second kappa shape index (κ2) is 17.4. The first kappa shape index (κ1) is 33.0. The van der Waals surface area contributed by atoms with Crippen molar-refractivity contribution in [3.8, 4) is 5.69 Å². The van der Waals surface area contributed by atoms with E-state index in [9.17, 15) is 13.2 Å². The Balaban J connectivity index is 1.72. The Labute approximate surface area is 250 Å². The molecule has 10 heteroatoms. The van der Waals surface area contributed by atoms with Crippen LogP contribution in [-0.4, -0.2) is 35.6 Å². The summed E-state index contributed by atoms with van der Waals surface area (Å²) in [6.45, 7) is 12.8. The lowest BCUT2D eigenvalue weighted by Crippen LogP contribution is -2.33. The fourth-order valence-electron chi connectivity index (χ4n) is 4.77. The highest BCUT2D eigenvalue weighted by molar-refractivity contribution is 7.89. The second-order valence-corrected chi connectivity index (χ2v) is 12.5. The van der Waals surface area contributed by atoms with Crippen molar-refractivity contribution in [1.82, 2.24) is 14.1 Å². The zero-order valence-corrected chi connectivity index (χ0v) is 25.8. The van der Waals surface area contributed by atoms with Gasteiger partial charge in [0.15, 0.2) is 5.69 Å². The van der Waals surface area contributed by atoms with E-state index < -0.39 is 15.6 Å². The molecule has 1 aromatic heterocycles. The minimum Gasteiger partial charge on any atom is -0.360 e. The summed E-state index contributed by atoms with van der Waals surface area (Å²) in [5.74, 6) is -0.0215. The normalized spacial score (nSPS) is 11.9. The quantitative estimate of drug-likeness (QED) is 0.0854. The van der Waals surface area contributed by atoms with Gasteiger partial charge in [-0.3, -0.25) is 4.79 Å². The first-order chi connectivity index (χ1) is 20.4. The zero-order chi connectivity index (χ0) is 30.2. The summed E-state index contributed by atoms with van der Waals surface area (Å²) in [5.41, 5.74) is 0.370. The minimum atomic E-state index is -3.66. The van der Waals surface area contributed by atoms with E-state index in [1.165, 1.54) is 55.3 Å². The van der Waals surface area contributed by atoms with Crippen molar-refractivity contribution in [2.75, 3.05) is 13.1 Å². The maximum atomic E-state index is 13.6. The van der Waals surface area contributed by atoms with Gasteiger partial charge in [-0.25, -0.2) is 13.5 Å². The predicted octanol–water partition coefficient (Wildman–Crippen LogP) is 8.84. The Morgan fingerprint density at radius 1 is 0.786 bits per heavy atom. The number of sulfonamides is 1. The maximum absolute atomic E-state index is 13.6. The molecule has 3 rings (SSSR count). The molecule has 0 radical (unpaired) electrons. The fourth-order valence-corrected chi connectivity index (χ4v) is 6.29. The number of aromatic amines is 1. The Hall–Kier alpha value is -3.55. The van der Waals surface area contributed by atoms with Crippen LogP contribution in [0.1, 0.15) is 90.9 Å². The van der Waals surface area contributed by atoms with Crippen LogP contribution < -0.4 is 5.56 Å². The summed E-state index contributed by atoms with van der Waals surface area (Å²) < 4.78 is 30.1. The third kappa shape index (κ3) is 9.50. The van der Waals surface area contributed by atoms with Gasteiger partial charge in [-0.15, -0.1) is 0 Å². The summed E-state index contributed by atoms with van der Waals surface area (Å²) in [5, 5.41) is 10.9. The lowest BCUT2D eigenvalue weighted by molar-refractivity contribution is 0.383. The maximum Gasteiger partial charge on any atom is 0.303 e. The van der Waals surface area contributed by atoms with E-state index in [2.05, 4.69) is 34.0 Å². The van der Waals surface area contributed by atoms with Crippen molar-refractivity contribution in [1.29, 1.82) is 0 Å². The van der Waals surface area contributed by atoms with Crippen molar-refractivity contribution in [2.24, 2.45) is 10.2 Å². The van der Waals surface area contributed by atoms with E-state index in [0.717, 1.165) is 38.5 Å². The predicted molar refractivity (Wildman–Crippen MR) is 169 cm³/mol. The molecule has 0 spiro atoms. The van der Waals surface area contributed by atoms with Gasteiger partial charge in [-0.2, -0.15) is 19.2 Å². The van der Waals surface area contributed by atoms with Crippen molar-refractivity contribution in [3.63, 3.8) is 0 Å². The van der Waals surface area contributed by atoms with E-state index in [4.69, 9.17) is 6.57 Å². The molecule has 9 nitrogen and oxygen atoms in total. The molecule has 226 valence electrons. The van der Waals surface area contributed by atoms with Gasteiger partial charge in [0.1, 0.15) is 0 Å². The third-order valence-corrected chi connectivity index (χ3v) is 9.15. The molecule has 0 unspecified atom stereocenters. The van der Waals surface area contributed by atoms with Crippen LogP contribution in [-0.2, 0) is 10.0 Å². The largest absolute Gasteiger partial charge is 0.360 e. The molecule has 0 saturated carbocycles. The van der Waals surface area contributed by atoms with Crippen molar-refractivity contribution < 1.29 is 8.42 Å². The van der Waals surface area contributed by atoms with Crippen LogP contribution in [0.15, 0.2) is 74.5 Å². The Kier molecular flexibility index (Phi) is 13.7. The minimum absolute atomic E-state index is 0.0215. The first-order valence-electron chi connectivity index (χ1n) is 15.2. The topological polar surface area (TPSA) is 104 Å². The van der Waals surface area contributed by atoms with E-state index >= 15 is 0 Å². The van der Waals surface area contributed by atoms with Crippen LogP contribution in [0.5, 0.6) is 0 Å². The molecule has 1 heterocycles. The average Bonchev–Trinajstić information content (AvgIpc) is 3.33. The van der Waals surface area contributed by atoms with E-state index in [1.807, 2.05) is 6.07 Å². The Morgan fingerprint density at radius 2 is 1.33 bits per heavy atom. The van der Waals surface area contributed by atoms with Crippen molar-refractivity contribution in [3.05, 3.63) is 76.4 Å². The molecule has 0 fully saturated rings. The molecule has 3 aromatic rings. The number of aromatic nitrogens is 2. The van der Waals surface area contributed by atoms with E-state index in [0.29, 0.717) is 24.5 Å². The third-order valence-electron chi connectivity index (χ3n) is 7.24. The summed E-state index contributed by atoms with van der Waals surface area (Å²) in [4.78, 5) is 16.5. The van der Waals surface area contributed by atoms with Gasteiger partial charge in [-0.1, -0.05) is 103 Å². The number of hydrogen-bond acceptors (Lipinski definition) is 5. The molecule has 0 aliphatic rings. The standard InChI is InChI=1S/C32H44N6O3S/c1-4-6-8-10-12-17-25-37(26-18-13-11-9-7-5-2)42(40,41)29-23-21-27(22-24-29)34-35-30-31(33-3)36-38(32(30)39)28-19-15-14-16-20-28/h14-16,19-24,36H,4-13,17-18,25-26H2,1-2H3. The number of hydrogen-bond donors (Lipinski definition) is 1. The van der Waals surface area contributed by atoms with E-state index in [-0.39, 0.29) is 16.4 Å². The van der Waals surface area contributed by atoms with Gasteiger partial charge in [0.25, 0.3) is 5.82 Å². The summed E-state index contributed by atoms with van der Waals surface area (Å²) in [7, 11) is -3.66. The smallest absolute Gasteiger partial charge is 0.303 e. The number of nitrogens with one attached hydrogen (secondary N) is 1. The van der Waals surface area contributed by atoms with Crippen molar-refractivity contribution >= 4 is 27.2 Å². The molecule has 0 saturated heterocycles. The van der Waals surface area contributed by atoms with Gasteiger partial charge in [0, 0.05) is 13.1 Å². The number of para-hydroxylation sites is 1. The van der Waals surface area contributed by atoms with Crippen LogP contribution in [0.3, 0.4) is 0 Å². The average molecular weight is 593 g/mol. The second-order valence-electron chi connectivity index (χ2n) is 10.5.